The molecule has 2 amide bonds. The van der Waals surface area contributed by atoms with Gasteiger partial charge in [-0.2, -0.15) is 4.79 Å². The highest BCUT2D eigenvalue weighted by Gasteiger charge is 2.40. The van der Waals surface area contributed by atoms with Crippen LogP contribution in [0.15, 0.2) is 55.0 Å². The van der Waals surface area contributed by atoms with Crippen LogP contribution in [0.3, 0.4) is 0 Å². The summed E-state index contributed by atoms with van der Waals surface area (Å²) in [7, 11) is -1.42. The zero-order valence-corrected chi connectivity index (χ0v) is 15.4. The molecular weight excluding hydrogens is 394 g/mol. The van der Waals surface area contributed by atoms with Crippen molar-refractivity contribution < 1.29 is 19.4 Å². The van der Waals surface area contributed by atoms with Gasteiger partial charge in [-0.15, -0.1) is 0 Å². The standard InChI is InChI=1S/C19H11N5O4S/c25-18-23-11-6-7-20-17-14(11)15(24-18)16(29(17)19(26)27)12-8-22-13(9-21-12)28-10-4-2-1-3-5-10/h1-9H,(H2-,20,21,23,24,25,26,27)/p+1. The largest absolute Gasteiger partial charge is 0.554 e. The van der Waals surface area contributed by atoms with E-state index in [1.807, 2.05) is 18.2 Å². The van der Waals surface area contributed by atoms with E-state index in [0.29, 0.717) is 37.9 Å². The van der Waals surface area contributed by atoms with E-state index in [2.05, 4.69) is 25.6 Å². The van der Waals surface area contributed by atoms with E-state index >= 15 is 0 Å². The predicted octanol–water partition coefficient (Wildman–Crippen LogP) is 4.72. The molecule has 29 heavy (non-hydrogen) atoms. The quantitative estimate of drug-likeness (QED) is 0.419. The topological polar surface area (TPSA) is 126 Å². The van der Waals surface area contributed by atoms with Crippen molar-refractivity contribution in [1.29, 1.82) is 0 Å². The molecule has 1 aliphatic heterocycles. The number of nitrogens with zero attached hydrogens (tertiary/aromatic N) is 3. The number of benzene rings is 1. The Morgan fingerprint density at radius 3 is 2.59 bits per heavy atom. The lowest BCUT2D eigenvalue weighted by molar-refractivity contribution is 0.221. The minimum absolute atomic E-state index is 0.268. The van der Waals surface area contributed by atoms with Crippen LogP contribution < -0.4 is 15.4 Å². The van der Waals surface area contributed by atoms with Crippen LogP contribution in [0.25, 0.3) is 20.8 Å². The van der Waals surface area contributed by atoms with Crippen molar-refractivity contribution in [2.75, 3.05) is 10.6 Å². The minimum atomic E-state index is -1.42. The Morgan fingerprint density at radius 2 is 1.86 bits per heavy atom. The number of para-hydroxylation sites is 1. The summed E-state index contributed by atoms with van der Waals surface area (Å²) in [5.41, 5.74) is 1.24. The molecule has 5 rings (SSSR count). The molecule has 0 radical (unpaired) electrons. The van der Waals surface area contributed by atoms with Gasteiger partial charge < -0.3 is 20.5 Å². The molecule has 0 aliphatic carbocycles. The maximum atomic E-state index is 12.1. The van der Waals surface area contributed by atoms with Gasteiger partial charge in [0.15, 0.2) is 0 Å². The number of hydrogen-bond donors (Lipinski definition) is 3. The van der Waals surface area contributed by atoms with Crippen LogP contribution >= 0.6 is 10.5 Å². The van der Waals surface area contributed by atoms with Crippen molar-refractivity contribution in [1.82, 2.24) is 15.0 Å². The van der Waals surface area contributed by atoms with Gasteiger partial charge in [0.1, 0.15) is 33.0 Å². The second kappa shape index (κ2) is 6.53. The summed E-state index contributed by atoms with van der Waals surface area (Å²) in [5, 5.41) is 14.7. The van der Waals surface area contributed by atoms with E-state index in [9.17, 15) is 14.7 Å². The number of aromatic nitrogens is 3. The highest BCUT2D eigenvalue weighted by molar-refractivity contribution is 7.57. The van der Waals surface area contributed by atoms with Crippen molar-refractivity contribution >= 4 is 43.4 Å². The van der Waals surface area contributed by atoms with E-state index in [0.717, 1.165) is 0 Å². The fourth-order valence-electron chi connectivity index (χ4n) is 3.14. The van der Waals surface area contributed by atoms with Crippen LogP contribution in [-0.2, 0) is 0 Å². The number of anilines is 2. The number of urea groups is 1. The van der Waals surface area contributed by atoms with E-state index in [1.165, 1.54) is 18.6 Å². The first-order chi connectivity index (χ1) is 14.1. The summed E-state index contributed by atoms with van der Waals surface area (Å²) in [6.07, 6.45) is 4.33. The Labute approximate surface area is 166 Å². The molecule has 3 aromatic heterocycles. The number of pyridine rings is 1. The van der Waals surface area contributed by atoms with Gasteiger partial charge in [-0.05, 0) is 18.2 Å². The number of carbonyl (C=O) groups excluding carboxylic acids is 1. The number of rotatable bonds is 4. The molecule has 3 N–H and O–H groups in total. The fourth-order valence-corrected chi connectivity index (χ4v) is 4.93. The van der Waals surface area contributed by atoms with Crippen molar-refractivity contribution in [3.63, 3.8) is 0 Å². The Balaban J connectivity index is 1.64. The molecule has 0 spiro atoms. The molecule has 1 atom stereocenters. The second-order valence-corrected chi connectivity index (χ2v) is 7.81. The molecule has 4 heterocycles. The lowest BCUT2D eigenvalue weighted by Crippen LogP contribution is -2.23. The van der Waals surface area contributed by atoms with Gasteiger partial charge in [0.25, 0.3) is 4.83 Å². The summed E-state index contributed by atoms with van der Waals surface area (Å²) in [4.78, 5) is 37.7. The highest BCUT2D eigenvalue weighted by Crippen LogP contribution is 2.52. The lowest BCUT2D eigenvalue weighted by Gasteiger charge is -2.13. The van der Waals surface area contributed by atoms with Crippen molar-refractivity contribution in [2.24, 2.45) is 0 Å². The summed E-state index contributed by atoms with van der Waals surface area (Å²) in [6.45, 7) is 0. The Bertz CT molecular complexity index is 1270. The predicted molar refractivity (Wildman–Crippen MR) is 108 cm³/mol. The van der Waals surface area contributed by atoms with Gasteiger partial charge in [-0.1, -0.05) is 18.2 Å². The van der Waals surface area contributed by atoms with Gasteiger partial charge in [-0.25, -0.2) is 19.7 Å². The monoisotopic (exact) mass is 406 g/mol. The van der Waals surface area contributed by atoms with Gasteiger partial charge in [0.2, 0.25) is 10.8 Å². The summed E-state index contributed by atoms with van der Waals surface area (Å²) in [6, 6.07) is 10.3. The van der Waals surface area contributed by atoms with E-state index in [-0.39, 0.29) is 5.88 Å². The smallest absolute Gasteiger partial charge is 0.438 e. The maximum absolute atomic E-state index is 12.1. The van der Waals surface area contributed by atoms with Crippen LogP contribution in [-0.4, -0.2) is 31.4 Å². The molecule has 1 aromatic carbocycles. The highest BCUT2D eigenvalue weighted by atomic mass is 32.2. The van der Waals surface area contributed by atoms with Crippen LogP contribution in [0.4, 0.5) is 21.0 Å². The number of hydrogen-bond acceptors (Lipinski definition) is 6. The molecule has 4 aromatic rings. The fraction of sp³-hybridized carbons (Fsp3) is 0. The van der Waals surface area contributed by atoms with Gasteiger partial charge in [0.05, 0.1) is 18.1 Å². The third-order valence-electron chi connectivity index (χ3n) is 4.28. The van der Waals surface area contributed by atoms with E-state index < -0.39 is 21.8 Å². The average Bonchev–Trinajstić information content (AvgIpc) is 3.05. The molecular formula is C19H12N5O4S+. The van der Waals surface area contributed by atoms with E-state index in [1.54, 1.807) is 18.2 Å². The number of nitrogens with one attached hydrogen (secondary N) is 2. The Hall–Kier alpha value is -4.05. The van der Waals surface area contributed by atoms with Crippen molar-refractivity contribution in [3.05, 3.63) is 55.0 Å². The minimum Gasteiger partial charge on any atom is -0.438 e. The number of amides is 2. The third kappa shape index (κ3) is 2.82. The summed E-state index contributed by atoms with van der Waals surface area (Å²) < 4.78 is 5.64. The second-order valence-electron chi connectivity index (χ2n) is 6.05. The molecule has 0 fully saturated rings. The van der Waals surface area contributed by atoms with Crippen molar-refractivity contribution in [3.8, 4) is 22.2 Å². The zero-order chi connectivity index (χ0) is 20.0. The van der Waals surface area contributed by atoms with Crippen LogP contribution in [0.1, 0.15) is 0 Å². The molecule has 9 nitrogen and oxygen atoms in total. The number of carbonyl (C=O) groups is 2. The van der Waals surface area contributed by atoms with Crippen LogP contribution in [0.5, 0.6) is 11.6 Å². The molecule has 10 heteroatoms. The maximum Gasteiger partial charge on any atom is 0.554 e. The SMILES string of the molecule is O=C1Nc2ccnc3c2c(c(-c2cnc(Oc4ccccc4)cn2)[s+]3C(=O)O)N1. The van der Waals surface area contributed by atoms with Crippen molar-refractivity contribution in [2.45, 2.75) is 0 Å². The molecule has 1 unspecified atom stereocenters. The normalized spacial score (nSPS) is 13.0. The number of ether oxygens (including phenoxy) is 1. The zero-order valence-electron chi connectivity index (χ0n) is 14.6. The average molecular weight is 406 g/mol. The molecule has 0 bridgehead atoms. The number of carboxylic acid groups (broad SMARTS) is 1. The lowest BCUT2D eigenvalue weighted by atomic mass is 10.2. The Morgan fingerprint density at radius 1 is 1.03 bits per heavy atom. The molecule has 0 saturated carbocycles. The number of thiophene rings is 1. The molecule has 0 saturated heterocycles. The molecule has 142 valence electrons. The van der Waals surface area contributed by atoms with Crippen LogP contribution in [0, 0.1) is 0 Å². The van der Waals surface area contributed by atoms with E-state index in [4.69, 9.17) is 4.74 Å². The first-order valence-corrected chi connectivity index (χ1v) is 9.68. The van der Waals surface area contributed by atoms with Gasteiger partial charge in [-0.3, -0.25) is 0 Å². The van der Waals surface area contributed by atoms with Gasteiger partial charge >= 0.3 is 11.3 Å². The first kappa shape index (κ1) is 17.1. The Kier molecular flexibility index (Phi) is 3.85. The summed E-state index contributed by atoms with van der Waals surface area (Å²) >= 11 is 0. The summed E-state index contributed by atoms with van der Waals surface area (Å²) in [5.74, 6) is 0.874. The van der Waals surface area contributed by atoms with Gasteiger partial charge in [0, 0.05) is 6.20 Å². The first-order valence-electron chi connectivity index (χ1n) is 8.46. The third-order valence-corrected chi connectivity index (χ3v) is 6.15. The molecule has 1 aliphatic rings. The van der Waals surface area contributed by atoms with Crippen LogP contribution in [0.2, 0.25) is 0 Å².